The molecule has 1 saturated carbocycles. The second-order valence-corrected chi connectivity index (χ2v) is 6.67. The van der Waals surface area contributed by atoms with E-state index in [0.717, 1.165) is 17.8 Å². The third-order valence-electron chi connectivity index (χ3n) is 4.65. The van der Waals surface area contributed by atoms with Crippen LogP contribution in [0.5, 0.6) is 0 Å². The van der Waals surface area contributed by atoms with Crippen molar-refractivity contribution in [1.82, 2.24) is 5.32 Å². The summed E-state index contributed by atoms with van der Waals surface area (Å²) in [7, 11) is 0. The molecule has 0 spiro atoms. The molecule has 1 N–H and O–H groups in total. The van der Waals surface area contributed by atoms with Gasteiger partial charge >= 0.3 is 0 Å². The van der Waals surface area contributed by atoms with E-state index in [1.807, 2.05) is 0 Å². The monoisotopic (exact) mass is 209 g/mol. The van der Waals surface area contributed by atoms with Gasteiger partial charge in [-0.25, -0.2) is 0 Å². The van der Waals surface area contributed by atoms with Crippen LogP contribution in [0.15, 0.2) is 0 Å². The van der Waals surface area contributed by atoms with Gasteiger partial charge in [-0.15, -0.1) is 0 Å². The van der Waals surface area contributed by atoms with Gasteiger partial charge in [0.2, 0.25) is 0 Å². The van der Waals surface area contributed by atoms with E-state index in [9.17, 15) is 0 Å². The third kappa shape index (κ3) is 2.55. The molecule has 1 aliphatic carbocycles. The van der Waals surface area contributed by atoms with E-state index in [4.69, 9.17) is 0 Å². The predicted octanol–water partition coefficient (Wildman–Crippen LogP) is 3.45. The van der Waals surface area contributed by atoms with Gasteiger partial charge in [-0.1, -0.05) is 46.5 Å². The van der Waals surface area contributed by atoms with Crippen molar-refractivity contribution in [3.8, 4) is 0 Å². The number of piperidine rings is 1. The molecular weight excluding hydrogens is 182 g/mol. The zero-order valence-corrected chi connectivity index (χ0v) is 10.7. The first kappa shape index (κ1) is 11.4. The maximum atomic E-state index is 3.61. The summed E-state index contributed by atoms with van der Waals surface area (Å²) in [6.07, 6.45) is 7.36. The smallest absolute Gasteiger partial charge is 0.00150 e. The molecule has 2 fully saturated rings. The average Bonchev–Trinajstić information content (AvgIpc) is 2.69. The lowest BCUT2D eigenvalue weighted by Gasteiger charge is -2.43. The minimum Gasteiger partial charge on any atom is -0.316 e. The summed E-state index contributed by atoms with van der Waals surface area (Å²) in [5.74, 6) is 2.94. The van der Waals surface area contributed by atoms with Crippen LogP contribution in [0.25, 0.3) is 0 Å². The summed E-state index contributed by atoms with van der Waals surface area (Å²) < 4.78 is 0. The van der Waals surface area contributed by atoms with Crippen LogP contribution in [0.2, 0.25) is 0 Å². The molecule has 88 valence electrons. The standard InChI is InChI=1S/C14H27N/c1-14(2,3)13-8-9-15-10-12(13)11-6-4-5-7-11/h11-13,15H,4-10H2,1-3H3. The van der Waals surface area contributed by atoms with Crippen LogP contribution in [0.1, 0.15) is 52.9 Å². The van der Waals surface area contributed by atoms with Gasteiger partial charge in [0, 0.05) is 0 Å². The summed E-state index contributed by atoms with van der Waals surface area (Å²) in [6.45, 7) is 9.83. The van der Waals surface area contributed by atoms with Gasteiger partial charge in [0.05, 0.1) is 0 Å². The van der Waals surface area contributed by atoms with Crippen LogP contribution in [0, 0.1) is 23.2 Å². The van der Waals surface area contributed by atoms with Crippen LogP contribution >= 0.6 is 0 Å². The minimum atomic E-state index is 0.509. The fraction of sp³-hybridized carbons (Fsp3) is 1.00. The summed E-state index contributed by atoms with van der Waals surface area (Å²) in [5, 5.41) is 3.61. The van der Waals surface area contributed by atoms with Crippen LogP contribution in [-0.2, 0) is 0 Å². The van der Waals surface area contributed by atoms with Crippen LogP contribution in [0.4, 0.5) is 0 Å². The Morgan fingerprint density at radius 1 is 1.00 bits per heavy atom. The van der Waals surface area contributed by atoms with Crippen molar-refractivity contribution in [1.29, 1.82) is 0 Å². The average molecular weight is 209 g/mol. The predicted molar refractivity (Wildman–Crippen MR) is 65.9 cm³/mol. The Kier molecular flexibility index (Phi) is 3.39. The largest absolute Gasteiger partial charge is 0.316 e. The number of hydrogen-bond donors (Lipinski definition) is 1. The van der Waals surface area contributed by atoms with Crippen molar-refractivity contribution in [3.05, 3.63) is 0 Å². The van der Waals surface area contributed by atoms with Crippen molar-refractivity contribution >= 4 is 0 Å². The second-order valence-electron chi connectivity index (χ2n) is 6.67. The first-order valence-electron chi connectivity index (χ1n) is 6.80. The third-order valence-corrected chi connectivity index (χ3v) is 4.65. The van der Waals surface area contributed by atoms with Gasteiger partial charge in [0.25, 0.3) is 0 Å². The first-order chi connectivity index (χ1) is 7.09. The molecule has 0 aromatic heterocycles. The molecule has 1 aliphatic heterocycles. The quantitative estimate of drug-likeness (QED) is 0.697. The van der Waals surface area contributed by atoms with Crippen molar-refractivity contribution < 1.29 is 0 Å². The summed E-state index contributed by atoms with van der Waals surface area (Å²) in [6, 6.07) is 0. The molecule has 2 unspecified atom stereocenters. The van der Waals surface area contributed by atoms with E-state index in [1.165, 1.54) is 45.2 Å². The topological polar surface area (TPSA) is 12.0 Å². The molecule has 2 atom stereocenters. The Labute approximate surface area is 95.0 Å². The van der Waals surface area contributed by atoms with E-state index in [2.05, 4.69) is 26.1 Å². The summed E-state index contributed by atoms with van der Waals surface area (Å²) in [5.41, 5.74) is 0.509. The Morgan fingerprint density at radius 2 is 1.67 bits per heavy atom. The SMILES string of the molecule is CC(C)(C)C1CCNCC1C1CCCC1. The highest BCUT2D eigenvalue weighted by molar-refractivity contribution is 4.90. The fourth-order valence-electron chi connectivity index (χ4n) is 3.84. The summed E-state index contributed by atoms with van der Waals surface area (Å²) in [4.78, 5) is 0. The molecule has 0 amide bonds. The lowest BCUT2D eigenvalue weighted by molar-refractivity contribution is 0.0785. The molecule has 2 aliphatic rings. The maximum Gasteiger partial charge on any atom is -0.00150 e. The lowest BCUT2D eigenvalue weighted by Crippen LogP contribution is -2.44. The van der Waals surface area contributed by atoms with Gasteiger partial charge in [-0.05, 0) is 42.7 Å². The van der Waals surface area contributed by atoms with Gasteiger partial charge < -0.3 is 5.32 Å². The van der Waals surface area contributed by atoms with Crippen LogP contribution < -0.4 is 5.32 Å². The first-order valence-corrected chi connectivity index (χ1v) is 6.80. The van der Waals surface area contributed by atoms with E-state index >= 15 is 0 Å². The number of hydrogen-bond acceptors (Lipinski definition) is 1. The van der Waals surface area contributed by atoms with Gasteiger partial charge in [0.1, 0.15) is 0 Å². The van der Waals surface area contributed by atoms with Gasteiger partial charge in [0.15, 0.2) is 0 Å². The van der Waals surface area contributed by atoms with Crippen molar-refractivity contribution in [2.75, 3.05) is 13.1 Å². The van der Waals surface area contributed by atoms with E-state index in [0.29, 0.717) is 5.41 Å². The van der Waals surface area contributed by atoms with Crippen molar-refractivity contribution in [3.63, 3.8) is 0 Å². The molecule has 0 radical (unpaired) electrons. The van der Waals surface area contributed by atoms with E-state index in [-0.39, 0.29) is 0 Å². The number of nitrogens with one attached hydrogen (secondary N) is 1. The molecule has 15 heavy (non-hydrogen) atoms. The molecular formula is C14H27N. The molecule has 1 saturated heterocycles. The molecule has 0 bridgehead atoms. The van der Waals surface area contributed by atoms with Crippen LogP contribution in [0.3, 0.4) is 0 Å². The normalized spacial score (nSPS) is 34.6. The molecule has 2 rings (SSSR count). The zero-order chi connectivity index (χ0) is 10.9. The molecule has 1 heteroatoms. The minimum absolute atomic E-state index is 0.509. The zero-order valence-electron chi connectivity index (χ0n) is 10.7. The molecule has 1 heterocycles. The molecule has 1 nitrogen and oxygen atoms in total. The Balaban J connectivity index is 2.05. The lowest BCUT2D eigenvalue weighted by atomic mass is 9.65. The highest BCUT2D eigenvalue weighted by Gasteiger charge is 2.38. The van der Waals surface area contributed by atoms with Gasteiger partial charge in [-0.2, -0.15) is 0 Å². The maximum absolute atomic E-state index is 3.61. The molecule has 0 aromatic carbocycles. The van der Waals surface area contributed by atoms with Crippen LogP contribution in [-0.4, -0.2) is 13.1 Å². The van der Waals surface area contributed by atoms with E-state index in [1.54, 1.807) is 0 Å². The van der Waals surface area contributed by atoms with Crippen molar-refractivity contribution in [2.24, 2.45) is 23.2 Å². The van der Waals surface area contributed by atoms with Crippen molar-refractivity contribution in [2.45, 2.75) is 52.9 Å². The highest BCUT2D eigenvalue weighted by Crippen LogP contribution is 2.44. The second kappa shape index (κ2) is 4.45. The van der Waals surface area contributed by atoms with Gasteiger partial charge in [-0.3, -0.25) is 0 Å². The molecule has 0 aromatic rings. The van der Waals surface area contributed by atoms with E-state index < -0.39 is 0 Å². The highest BCUT2D eigenvalue weighted by atomic mass is 14.9. The number of rotatable bonds is 1. The Hall–Kier alpha value is -0.0400. The summed E-state index contributed by atoms with van der Waals surface area (Å²) >= 11 is 0. The fourth-order valence-corrected chi connectivity index (χ4v) is 3.84. The Bertz CT molecular complexity index is 198. The Morgan fingerprint density at radius 3 is 2.27 bits per heavy atom.